The SMILES string of the molecule is CC=C(CO)CO. The summed E-state index contributed by atoms with van der Waals surface area (Å²) in [5.74, 6) is 0. The van der Waals surface area contributed by atoms with E-state index in [1.54, 1.807) is 13.0 Å². The monoisotopic (exact) mass is 102 g/mol. The van der Waals surface area contributed by atoms with Crippen LogP contribution in [0.1, 0.15) is 6.92 Å². The van der Waals surface area contributed by atoms with Crippen molar-refractivity contribution in [2.24, 2.45) is 0 Å². The quantitative estimate of drug-likeness (QED) is 0.479. The number of hydrogen-bond donors (Lipinski definition) is 2. The highest BCUT2D eigenvalue weighted by molar-refractivity contribution is 4.99. The summed E-state index contributed by atoms with van der Waals surface area (Å²) >= 11 is 0. The van der Waals surface area contributed by atoms with Crippen LogP contribution in [-0.4, -0.2) is 23.4 Å². The van der Waals surface area contributed by atoms with E-state index in [9.17, 15) is 0 Å². The summed E-state index contributed by atoms with van der Waals surface area (Å²) < 4.78 is 0. The van der Waals surface area contributed by atoms with Crippen LogP contribution in [0.2, 0.25) is 0 Å². The van der Waals surface area contributed by atoms with Crippen LogP contribution in [0.3, 0.4) is 0 Å². The van der Waals surface area contributed by atoms with E-state index < -0.39 is 0 Å². The number of allylic oxidation sites excluding steroid dienone is 1. The Morgan fingerprint density at radius 3 is 1.86 bits per heavy atom. The van der Waals surface area contributed by atoms with Crippen molar-refractivity contribution in [1.29, 1.82) is 0 Å². The van der Waals surface area contributed by atoms with E-state index in [0.717, 1.165) is 0 Å². The second-order valence-electron chi connectivity index (χ2n) is 1.26. The first-order valence-corrected chi connectivity index (χ1v) is 2.21. The molecule has 2 nitrogen and oxygen atoms in total. The zero-order valence-corrected chi connectivity index (χ0v) is 4.39. The van der Waals surface area contributed by atoms with Gasteiger partial charge in [-0.15, -0.1) is 0 Å². The van der Waals surface area contributed by atoms with Gasteiger partial charge in [-0.2, -0.15) is 0 Å². The topological polar surface area (TPSA) is 40.5 Å². The molecule has 0 saturated carbocycles. The van der Waals surface area contributed by atoms with Crippen molar-refractivity contribution in [2.45, 2.75) is 6.92 Å². The van der Waals surface area contributed by atoms with Crippen LogP contribution in [0.5, 0.6) is 0 Å². The molecule has 0 atom stereocenters. The molecule has 2 heteroatoms. The Labute approximate surface area is 43.1 Å². The molecule has 0 aromatic rings. The number of hydrogen-bond acceptors (Lipinski definition) is 2. The van der Waals surface area contributed by atoms with E-state index in [-0.39, 0.29) is 13.2 Å². The lowest BCUT2D eigenvalue weighted by atomic mass is 10.3. The molecule has 0 saturated heterocycles. The molecule has 0 heterocycles. The van der Waals surface area contributed by atoms with Gasteiger partial charge < -0.3 is 10.2 Å². The minimum Gasteiger partial charge on any atom is -0.392 e. The minimum atomic E-state index is -0.0347. The molecule has 0 amide bonds. The van der Waals surface area contributed by atoms with Crippen LogP contribution in [0, 0.1) is 0 Å². The molecule has 2 N–H and O–H groups in total. The molecule has 7 heavy (non-hydrogen) atoms. The molecule has 0 aromatic carbocycles. The van der Waals surface area contributed by atoms with Gasteiger partial charge in [0.05, 0.1) is 13.2 Å². The lowest BCUT2D eigenvalue weighted by Gasteiger charge is -1.92. The van der Waals surface area contributed by atoms with E-state index >= 15 is 0 Å². The van der Waals surface area contributed by atoms with Crippen LogP contribution in [0.15, 0.2) is 11.6 Å². The highest BCUT2D eigenvalue weighted by Gasteiger charge is 1.84. The molecule has 0 aliphatic heterocycles. The fourth-order valence-corrected chi connectivity index (χ4v) is 0.233. The van der Waals surface area contributed by atoms with Crippen molar-refractivity contribution in [3.63, 3.8) is 0 Å². The maximum atomic E-state index is 8.30. The molecule has 0 bridgehead atoms. The van der Waals surface area contributed by atoms with Gasteiger partial charge in [-0.3, -0.25) is 0 Å². The molecule has 0 radical (unpaired) electrons. The van der Waals surface area contributed by atoms with Gasteiger partial charge in [0, 0.05) is 0 Å². The van der Waals surface area contributed by atoms with E-state index in [4.69, 9.17) is 10.2 Å². The standard InChI is InChI=1S/C5H10O2/c1-2-5(3-6)4-7/h2,6-7H,3-4H2,1H3. The van der Waals surface area contributed by atoms with Gasteiger partial charge in [0.2, 0.25) is 0 Å². The largest absolute Gasteiger partial charge is 0.392 e. The summed E-state index contributed by atoms with van der Waals surface area (Å²) in [5, 5.41) is 16.6. The summed E-state index contributed by atoms with van der Waals surface area (Å²) in [7, 11) is 0. The van der Waals surface area contributed by atoms with Gasteiger partial charge in [0.15, 0.2) is 0 Å². The van der Waals surface area contributed by atoms with Crippen molar-refractivity contribution in [3.05, 3.63) is 11.6 Å². The summed E-state index contributed by atoms with van der Waals surface area (Å²) in [4.78, 5) is 0. The summed E-state index contributed by atoms with van der Waals surface area (Å²) in [6.07, 6.45) is 1.69. The fourth-order valence-electron chi connectivity index (χ4n) is 0.233. The van der Waals surface area contributed by atoms with Crippen molar-refractivity contribution >= 4 is 0 Å². The second-order valence-corrected chi connectivity index (χ2v) is 1.26. The predicted octanol–water partition coefficient (Wildman–Crippen LogP) is -0.0827. The van der Waals surface area contributed by atoms with E-state index in [2.05, 4.69) is 0 Å². The van der Waals surface area contributed by atoms with Crippen LogP contribution >= 0.6 is 0 Å². The molecule has 0 unspecified atom stereocenters. The summed E-state index contributed by atoms with van der Waals surface area (Å²) in [6.45, 7) is 1.71. The lowest BCUT2D eigenvalue weighted by molar-refractivity contribution is 0.276. The highest BCUT2D eigenvalue weighted by Crippen LogP contribution is 1.86. The van der Waals surface area contributed by atoms with Gasteiger partial charge in [-0.25, -0.2) is 0 Å². The van der Waals surface area contributed by atoms with Crippen LogP contribution in [-0.2, 0) is 0 Å². The molecule has 0 rings (SSSR count). The average molecular weight is 102 g/mol. The number of rotatable bonds is 2. The molecule has 0 aromatic heterocycles. The lowest BCUT2D eigenvalue weighted by Crippen LogP contribution is -1.93. The second kappa shape index (κ2) is 3.84. The minimum absolute atomic E-state index is 0.0347. The van der Waals surface area contributed by atoms with Gasteiger partial charge in [0.1, 0.15) is 0 Å². The average Bonchev–Trinajstić information content (AvgIpc) is 1.72. The highest BCUT2D eigenvalue weighted by atomic mass is 16.3. The molecule has 0 aliphatic carbocycles. The first kappa shape index (κ1) is 6.66. The smallest absolute Gasteiger partial charge is 0.0663 e. The Balaban J connectivity index is 3.38. The van der Waals surface area contributed by atoms with E-state index in [1.807, 2.05) is 0 Å². The Morgan fingerprint density at radius 2 is 1.86 bits per heavy atom. The van der Waals surface area contributed by atoms with E-state index in [0.29, 0.717) is 5.57 Å². The van der Waals surface area contributed by atoms with Crippen molar-refractivity contribution in [2.75, 3.05) is 13.2 Å². The molecule has 0 aliphatic rings. The first-order valence-electron chi connectivity index (χ1n) is 2.21. The zero-order valence-electron chi connectivity index (χ0n) is 4.39. The normalized spacial score (nSPS) is 8.43. The summed E-state index contributed by atoms with van der Waals surface area (Å²) in [6, 6.07) is 0. The Bertz CT molecular complexity index is 60.5. The fraction of sp³-hybridized carbons (Fsp3) is 0.600. The zero-order chi connectivity index (χ0) is 5.70. The van der Waals surface area contributed by atoms with Crippen LogP contribution < -0.4 is 0 Å². The van der Waals surface area contributed by atoms with E-state index in [1.165, 1.54) is 0 Å². The number of aliphatic hydroxyl groups excluding tert-OH is 2. The molecule has 42 valence electrons. The Kier molecular flexibility index (Phi) is 3.65. The third kappa shape index (κ3) is 2.37. The number of aliphatic hydroxyl groups is 2. The Morgan fingerprint density at radius 1 is 1.43 bits per heavy atom. The van der Waals surface area contributed by atoms with Crippen LogP contribution in [0.25, 0.3) is 0 Å². The van der Waals surface area contributed by atoms with Gasteiger partial charge in [-0.1, -0.05) is 6.08 Å². The third-order valence-electron chi connectivity index (χ3n) is 0.814. The van der Waals surface area contributed by atoms with Crippen molar-refractivity contribution < 1.29 is 10.2 Å². The van der Waals surface area contributed by atoms with Gasteiger partial charge in [-0.05, 0) is 12.5 Å². The summed E-state index contributed by atoms with van der Waals surface area (Å²) in [5.41, 5.74) is 0.667. The first-order chi connectivity index (χ1) is 3.35. The maximum absolute atomic E-state index is 8.30. The molecular formula is C5H10O2. The van der Waals surface area contributed by atoms with Gasteiger partial charge in [0.25, 0.3) is 0 Å². The third-order valence-corrected chi connectivity index (χ3v) is 0.814. The van der Waals surface area contributed by atoms with Crippen molar-refractivity contribution in [3.8, 4) is 0 Å². The molecule has 0 spiro atoms. The van der Waals surface area contributed by atoms with Crippen LogP contribution in [0.4, 0.5) is 0 Å². The molecular weight excluding hydrogens is 92.1 g/mol. The van der Waals surface area contributed by atoms with Crippen molar-refractivity contribution in [1.82, 2.24) is 0 Å². The predicted molar refractivity (Wildman–Crippen MR) is 27.9 cm³/mol. The maximum Gasteiger partial charge on any atom is 0.0663 e. The van der Waals surface area contributed by atoms with Gasteiger partial charge >= 0.3 is 0 Å². The molecule has 0 fully saturated rings. The Hall–Kier alpha value is -0.340.